The van der Waals surface area contributed by atoms with Crippen LogP contribution in [0.5, 0.6) is 0 Å². The molecule has 2 fully saturated rings. The van der Waals surface area contributed by atoms with Gasteiger partial charge < -0.3 is 14.7 Å². The van der Waals surface area contributed by atoms with Gasteiger partial charge in [0.2, 0.25) is 0 Å². The highest BCUT2D eigenvalue weighted by atomic mass is 16.5. The number of nitrogens with zero attached hydrogens (tertiary/aromatic N) is 2. The van der Waals surface area contributed by atoms with Gasteiger partial charge in [0.1, 0.15) is 0 Å². The molecular formula is C21H38N2O2. The number of β-amino-alcohol motifs (C(OH)–C–C–N with tert-alkyl or cyclic N) is 1. The Bertz CT molecular complexity index is 467. The van der Waals surface area contributed by atoms with Gasteiger partial charge in [0, 0.05) is 39.3 Å². The first-order valence-electron chi connectivity index (χ1n) is 10.3. The predicted octanol–water partition coefficient (Wildman–Crippen LogP) is 2.63. The summed E-state index contributed by atoms with van der Waals surface area (Å²) in [6, 6.07) is 0. The average Bonchev–Trinajstić information content (AvgIpc) is 2.56. The van der Waals surface area contributed by atoms with Crippen LogP contribution in [0.2, 0.25) is 0 Å². The van der Waals surface area contributed by atoms with E-state index in [9.17, 15) is 5.11 Å². The lowest BCUT2D eigenvalue weighted by Crippen LogP contribution is -2.50. The molecule has 144 valence electrons. The molecule has 3 aliphatic carbocycles. The summed E-state index contributed by atoms with van der Waals surface area (Å²) in [6.45, 7) is 16.8. The molecule has 1 saturated heterocycles. The standard InChI is InChI=1S/C21H38N2O2/c1-16(2)12-22-7-9-23(10-8-22)13-19(24)15-25-14-17-5-6-18-11-20(17)21(18,3)4/h5,16,18-20,24H,6-15H2,1-4H3. The monoisotopic (exact) mass is 350 g/mol. The van der Waals surface area contributed by atoms with Crippen LogP contribution in [0.15, 0.2) is 11.6 Å². The number of allylic oxidation sites excluding steroid dienone is 1. The number of ether oxygens (including phenoxy) is 1. The summed E-state index contributed by atoms with van der Waals surface area (Å²) in [7, 11) is 0. The highest BCUT2D eigenvalue weighted by Gasteiger charge is 2.50. The Balaban J connectivity index is 1.31. The molecule has 25 heavy (non-hydrogen) atoms. The van der Waals surface area contributed by atoms with E-state index in [0.717, 1.165) is 44.6 Å². The number of aliphatic hydroxyl groups excluding tert-OH is 1. The first-order valence-corrected chi connectivity index (χ1v) is 10.3. The fourth-order valence-corrected chi connectivity index (χ4v) is 4.98. The molecule has 3 atom stereocenters. The number of piperazine rings is 1. The van der Waals surface area contributed by atoms with Gasteiger partial charge in [0.15, 0.2) is 0 Å². The van der Waals surface area contributed by atoms with Crippen molar-refractivity contribution in [1.82, 2.24) is 9.80 Å². The molecule has 0 aromatic rings. The first-order chi connectivity index (χ1) is 11.9. The van der Waals surface area contributed by atoms with Crippen LogP contribution >= 0.6 is 0 Å². The third-order valence-electron chi connectivity index (χ3n) is 6.72. The van der Waals surface area contributed by atoms with E-state index in [1.165, 1.54) is 25.0 Å². The molecular weight excluding hydrogens is 312 g/mol. The quantitative estimate of drug-likeness (QED) is 0.683. The normalized spacial score (nSPS) is 30.9. The molecule has 0 aromatic heterocycles. The van der Waals surface area contributed by atoms with Crippen LogP contribution in [0.25, 0.3) is 0 Å². The summed E-state index contributed by atoms with van der Waals surface area (Å²) in [4.78, 5) is 4.91. The summed E-state index contributed by atoms with van der Waals surface area (Å²) < 4.78 is 5.88. The lowest BCUT2D eigenvalue weighted by Gasteiger charge is -2.56. The summed E-state index contributed by atoms with van der Waals surface area (Å²) in [5.74, 6) is 2.31. The highest BCUT2D eigenvalue weighted by molar-refractivity contribution is 5.23. The zero-order chi connectivity index (χ0) is 18.0. The number of rotatable bonds is 8. The molecule has 0 radical (unpaired) electrons. The second-order valence-electron chi connectivity index (χ2n) is 9.49. The van der Waals surface area contributed by atoms with Crippen LogP contribution in [-0.4, -0.2) is 73.5 Å². The SMILES string of the molecule is CC(C)CN1CCN(CC(O)COCC2=CCC3CC2C3(C)C)CC1. The lowest BCUT2D eigenvalue weighted by atomic mass is 9.49. The fraction of sp³-hybridized carbons (Fsp3) is 0.905. The van der Waals surface area contributed by atoms with E-state index < -0.39 is 0 Å². The minimum Gasteiger partial charge on any atom is -0.389 e. The maximum Gasteiger partial charge on any atom is 0.0900 e. The van der Waals surface area contributed by atoms with E-state index in [2.05, 4.69) is 43.6 Å². The molecule has 4 nitrogen and oxygen atoms in total. The minimum atomic E-state index is -0.372. The molecule has 3 unspecified atom stereocenters. The smallest absolute Gasteiger partial charge is 0.0900 e. The average molecular weight is 351 g/mol. The Hall–Kier alpha value is -0.420. The Kier molecular flexibility index (Phi) is 6.25. The van der Waals surface area contributed by atoms with Crippen LogP contribution in [0, 0.1) is 23.2 Å². The maximum atomic E-state index is 10.3. The fourth-order valence-electron chi connectivity index (χ4n) is 4.98. The molecule has 0 amide bonds. The van der Waals surface area contributed by atoms with Gasteiger partial charge >= 0.3 is 0 Å². The highest BCUT2D eigenvalue weighted by Crippen LogP contribution is 2.59. The van der Waals surface area contributed by atoms with Crippen molar-refractivity contribution in [3.63, 3.8) is 0 Å². The Labute approximate surface area is 154 Å². The Morgan fingerprint density at radius 2 is 1.80 bits per heavy atom. The van der Waals surface area contributed by atoms with E-state index in [1.807, 2.05) is 0 Å². The lowest BCUT2D eigenvalue weighted by molar-refractivity contribution is -0.0275. The third kappa shape index (κ3) is 4.65. The van der Waals surface area contributed by atoms with Crippen LogP contribution in [0.3, 0.4) is 0 Å². The molecule has 1 saturated carbocycles. The zero-order valence-electron chi connectivity index (χ0n) is 16.7. The molecule has 1 N–H and O–H groups in total. The van der Waals surface area contributed by atoms with Crippen molar-refractivity contribution in [2.45, 2.75) is 46.6 Å². The van der Waals surface area contributed by atoms with Gasteiger partial charge in [-0.05, 0) is 41.6 Å². The van der Waals surface area contributed by atoms with Gasteiger partial charge in [-0.25, -0.2) is 0 Å². The largest absolute Gasteiger partial charge is 0.389 e. The van der Waals surface area contributed by atoms with Gasteiger partial charge in [0.25, 0.3) is 0 Å². The van der Waals surface area contributed by atoms with Crippen molar-refractivity contribution in [3.05, 3.63) is 11.6 Å². The van der Waals surface area contributed by atoms with Crippen molar-refractivity contribution in [1.29, 1.82) is 0 Å². The number of aliphatic hydroxyl groups is 1. The topological polar surface area (TPSA) is 35.9 Å². The van der Waals surface area contributed by atoms with E-state index >= 15 is 0 Å². The Morgan fingerprint density at radius 1 is 1.16 bits per heavy atom. The minimum absolute atomic E-state index is 0.372. The summed E-state index contributed by atoms with van der Waals surface area (Å²) in [5.41, 5.74) is 1.93. The second kappa shape index (κ2) is 8.08. The summed E-state index contributed by atoms with van der Waals surface area (Å²) in [6.07, 6.45) is 4.57. The van der Waals surface area contributed by atoms with Crippen molar-refractivity contribution in [3.8, 4) is 0 Å². The molecule has 0 aromatic carbocycles. The molecule has 4 heteroatoms. The second-order valence-corrected chi connectivity index (χ2v) is 9.49. The van der Waals surface area contributed by atoms with Crippen LogP contribution in [-0.2, 0) is 4.74 Å². The number of fused-ring (bicyclic) bond motifs is 1. The number of hydrogen-bond donors (Lipinski definition) is 1. The van der Waals surface area contributed by atoms with Crippen LogP contribution in [0.1, 0.15) is 40.5 Å². The third-order valence-corrected chi connectivity index (χ3v) is 6.72. The zero-order valence-corrected chi connectivity index (χ0v) is 16.7. The summed E-state index contributed by atoms with van der Waals surface area (Å²) in [5, 5.41) is 10.3. The van der Waals surface area contributed by atoms with Gasteiger partial charge in [0.05, 0.1) is 19.3 Å². The van der Waals surface area contributed by atoms with Crippen LogP contribution < -0.4 is 0 Å². The predicted molar refractivity (Wildman–Crippen MR) is 103 cm³/mol. The summed E-state index contributed by atoms with van der Waals surface area (Å²) >= 11 is 0. The van der Waals surface area contributed by atoms with E-state index in [-0.39, 0.29) is 6.10 Å². The van der Waals surface area contributed by atoms with E-state index in [4.69, 9.17) is 4.74 Å². The van der Waals surface area contributed by atoms with Gasteiger partial charge in [-0.15, -0.1) is 0 Å². The van der Waals surface area contributed by atoms with Crippen molar-refractivity contribution >= 4 is 0 Å². The van der Waals surface area contributed by atoms with Crippen molar-refractivity contribution in [2.24, 2.45) is 23.2 Å². The molecule has 0 spiro atoms. The number of hydrogen-bond acceptors (Lipinski definition) is 4. The van der Waals surface area contributed by atoms with Crippen molar-refractivity contribution < 1.29 is 9.84 Å². The first kappa shape index (κ1) is 19.3. The Morgan fingerprint density at radius 3 is 2.36 bits per heavy atom. The van der Waals surface area contributed by atoms with Crippen LogP contribution in [0.4, 0.5) is 0 Å². The molecule has 1 aliphatic heterocycles. The van der Waals surface area contributed by atoms with Gasteiger partial charge in [-0.3, -0.25) is 4.90 Å². The molecule has 2 bridgehead atoms. The molecule has 4 rings (SSSR count). The maximum absolute atomic E-state index is 10.3. The van der Waals surface area contributed by atoms with Crippen molar-refractivity contribution in [2.75, 3.05) is 52.5 Å². The van der Waals surface area contributed by atoms with Gasteiger partial charge in [-0.2, -0.15) is 0 Å². The molecule has 4 aliphatic rings. The van der Waals surface area contributed by atoms with Gasteiger partial charge in [-0.1, -0.05) is 33.8 Å². The van der Waals surface area contributed by atoms with E-state index in [0.29, 0.717) is 24.5 Å². The molecule has 1 heterocycles. The van der Waals surface area contributed by atoms with E-state index in [1.54, 1.807) is 0 Å².